The number of ketones is 1. The molecule has 4 rings (SSSR count). The first-order chi connectivity index (χ1) is 13.4. The highest BCUT2D eigenvalue weighted by molar-refractivity contribution is 6.11. The number of hydrogen-bond acceptors (Lipinski definition) is 4. The number of benzene rings is 1. The van der Waals surface area contributed by atoms with E-state index < -0.39 is 11.6 Å². The third-order valence-corrected chi connectivity index (χ3v) is 6.38. The fraction of sp³-hybridized carbons (Fsp3) is 0.524. The maximum atomic E-state index is 13.0. The Hall–Kier alpha value is -2.70. The lowest BCUT2D eigenvalue weighted by Gasteiger charge is -2.36. The van der Waals surface area contributed by atoms with Crippen molar-refractivity contribution in [2.45, 2.75) is 51.0 Å². The van der Waals surface area contributed by atoms with Crippen LogP contribution in [0.5, 0.6) is 0 Å². The molecule has 2 heterocycles. The fourth-order valence-corrected chi connectivity index (χ4v) is 4.62. The van der Waals surface area contributed by atoms with Crippen LogP contribution >= 0.6 is 0 Å². The zero-order valence-electron chi connectivity index (χ0n) is 16.1. The molecule has 1 aromatic carbocycles. The Morgan fingerprint density at radius 1 is 1.14 bits per heavy atom. The van der Waals surface area contributed by atoms with Crippen molar-refractivity contribution < 1.29 is 19.2 Å². The third kappa shape index (κ3) is 2.99. The number of anilines is 1. The summed E-state index contributed by atoms with van der Waals surface area (Å²) in [4.78, 5) is 52.7. The minimum absolute atomic E-state index is 0.0649. The highest BCUT2D eigenvalue weighted by Gasteiger charge is 2.55. The molecular weight excluding hydrogens is 358 g/mol. The first-order valence-corrected chi connectivity index (χ1v) is 10.00. The van der Waals surface area contributed by atoms with Crippen LogP contribution < -0.4 is 10.2 Å². The summed E-state index contributed by atoms with van der Waals surface area (Å²) in [6.07, 6.45) is 4.86. The molecule has 3 aliphatic rings. The van der Waals surface area contributed by atoms with Crippen molar-refractivity contribution in [1.82, 2.24) is 10.2 Å². The lowest BCUT2D eigenvalue weighted by atomic mass is 9.73. The van der Waals surface area contributed by atoms with E-state index in [1.807, 2.05) is 6.92 Å². The molecule has 2 saturated heterocycles. The number of hydrogen-bond donors (Lipinski definition) is 1. The van der Waals surface area contributed by atoms with Gasteiger partial charge in [-0.3, -0.25) is 19.3 Å². The van der Waals surface area contributed by atoms with Gasteiger partial charge in [0.15, 0.2) is 5.78 Å². The molecule has 1 spiro atoms. The van der Waals surface area contributed by atoms with E-state index in [9.17, 15) is 19.2 Å². The molecule has 2 aliphatic heterocycles. The molecule has 148 valence electrons. The molecule has 0 unspecified atom stereocenters. The quantitative estimate of drug-likeness (QED) is 0.639. The van der Waals surface area contributed by atoms with Crippen LogP contribution in [0.25, 0.3) is 0 Å². The lowest BCUT2D eigenvalue weighted by Crippen LogP contribution is -2.54. The van der Waals surface area contributed by atoms with Crippen LogP contribution in [-0.2, 0) is 9.59 Å². The number of nitrogens with zero attached hydrogens (tertiary/aromatic N) is 2. The van der Waals surface area contributed by atoms with Crippen molar-refractivity contribution in [1.29, 1.82) is 0 Å². The Morgan fingerprint density at radius 2 is 1.89 bits per heavy atom. The Kier molecular flexibility index (Phi) is 4.69. The molecule has 28 heavy (non-hydrogen) atoms. The van der Waals surface area contributed by atoms with E-state index in [0.717, 1.165) is 36.3 Å². The van der Waals surface area contributed by atoms with Gasteiger partial charge in [0.25, 0.3) is 5.91 Å². The maximum Gasteiger partial charge on any atom is 0.325 e. The molecular formula is C21H25N3O4. The predicted molar refractivity (Wildman–Crippen MR) is 103 cm³/mol. The number of rotatable bonds is 4. The summed E-state index contributed by atoms with van der Waals surface area (Å²) in [6, 6.07) is 6.31. The van der Waals surface area contributed by atoms with Crippen molar-refractivity contribution in [3.8, 4) is 0 Å². The Balaban J connectivity index is 1.47. The summed E-state index contributed by atoms with van der Waals surface area (Å²) < 4.78 is 0. The van der Waals surface area contributed by atoms with Gasteiger partial charge >= 0.3 is 6.03 Å². The number of carbonyl (C=O) groups is 4. The van der Waals surface area contributed by atoms with Gasteiger partial charge in [0.2, 0.25) is 5.91 Å². The average molecular weight is 383 g/mol. The van der Waals surface area contributed by atoms with Gasteiger partial charge in [0, 0.05) is 24.2 Å². The smallest absolute Gasteiger partial charge is 0.323 e. The van der Waals surface area contributed by atoms with E-state index in [1.54, 1.807) is 29.2 Å². The van der Waals surface area contributed by atoms with Gasteiger partial charge in [-0.1, -0.05) is 19.8 Å². The van der Waals surface area contributed by atoms with E-state index in [4.69, 9.17) is 0 Å². The van der Waals surface area contributed by atoms with Crippen molar-refractivity contribution in [3.05, 3.63) is 29.8 Å². The van der Waals surface area contributed by atoms with Gasteiger partial charge in [-0.05, 0) is 49.4 Å². The number of carbonyl (C=O) groups excluding carboxylic acids is 4. The normalized spacial score (nSPS) is 27.6. The van der Waals surface area contributed by atoms with Gasteiger partial charge < -0.3 is 10.2 Å². The lowest BCUT2D eigenvalue weighted by molar-refractivity contribution is -0.133. The molecule has 1 saturated carbocycles. The third-order valence-electron chi connectivity index (χ3n) is 6.38. The average Bonchev–Trinajstić information content (AvgIpc) is 3.21. The fourth-order valence-electron chi connectivity index (χ4n) is 4.62. The first kappa shape index (κ1) is 18.7. The second kappa shape index (κ2) is 7.04. The molecule has 4 amide bonds. The molecule has 7 nitrogen and oxygen atoms in total. The number of Topliss-reactive ketones (excluding diaryl/α,β-unsaturated/α-hetero) is 1. The summed E-state index contributed by atoms with van der Waals surface area (Å²) in [5.41, 5.74) is 0.341. The zero-order valence-corrected chi connectivity index (χ0v) is 16.1. The largest absolute Gasteiger partial charge is 0.325 e. The van der Waals surface area contributed by atoms with E-state index in [0.29, 0.717) is 24.9 Å². The molecule has 0 radical (unpaired) electrons. The molecule has 7 heteroatoms. The number of nitrogens with one attached hydrogen (secondary N) is 1. The van der Waals surface area contributed by atoms with Crippen LogP contribution in [0.2, 0.25) is 0 Å². The second-order valence-electron chi connectivity index (χ2n) is 8.06. The van der Waals surface area contributed by atoms with Crippen LogP contribution in [0.4, 0.5) is 10.5 Å². The van der Waals surface area contributed by atoms with E-state index in [-0.39, 0.29) is 30.1 Å². The van der Waals surface area contributed by atoms with E-state index >= 15 is 0 Å². The summed E-state index contributed by atoms with van der Waals surface area (Å²) in [5.74, 6) is -0.416. The van der Waals surface area contributed by atoms with Gasteiger partial charge in [-0.2, -0.15) is 0 Å². The second-order valence-corrected chi connectivity index (χ2v) is 8.06. The molecule has 3 fully saturated rings. The number of amides is 4. The zero-order chi connectivity index (χ0) is 19.9. The van der Waals surface area contributed by atoms with Crippen LogP contribution in [0.15, 0.2) is 24.3 Å². The van der Waals surface area contributed by atoms with Crippen molar-refractivity contribution >= 4 is 29.3 Å². The number of imide groups is 1. The molecule has 0 aromatic heterocycles. The predicted octanol–water partition coefficient (Wildman–Crippen LogP) is 2.50. The minimum atomic E-state index is -0.852. The maximum absolute atomic E-state index is 13.0. The van der Waals surface area contributed by atoms with Crippen LogP contribution in [0, 0.1) is 5.92 Å². The molecule has 2 atom stereocenters. The molecule has 1 aliphatic carbocycles. The van der Waals surface area contributed by atoms with E-state index in [1.165, 1.54) is 0 Å². The van der Waals surface area contributed by atoms with Gasteiger partial charge in [-0.15, -0.1) is 0 Å². The molecule has 0 bridgehead atoms. The summed E-state index contributed by atoms with van der Waals surface area (Å²) in [7, 11) is 0. The highest BCUT2D eigenvalue weighted by atomic mass is 16.2. The van der Waals surface area contributed by atoms with Crippen LogP contribution in [0.3, 0.4) is 0 Å². The monoisotopic (exact) mass is 383 g/mol. The SMILES string of the molecule is C[C@@H]1CCCC[C@]12NC(=O)N(CC(=O)c1ccc(N3CCCC3=O)cc1)C2=O. The van der Waals surface area contributed by atoms with E-state index in [2.05, 4.69) is 5.32 Å². The van der Waals surface area contributed by atoms with Crippen LogP contribution in [0.1, 0.15) is 55.8 Å². The number of urea groups is 1. The summed E-state index contributed by atoms with van der Waals surface area (Å²) >= 11 is 0. The topological polar surface area (TPSA) is 86.8 Å². The Bertz CT molecular complexity index is 835. The first-order valence-electron chi connectivity index (χ1n) is 10.00. The van der Waals surface area contributed by atoms with Crippen molar-refractivity contribution in [2.75, 3.05) is 18.0 Å². The molecule has 1 aromatic rings. The van der Waals surface area contributed by atoms with Crippen molar-refractivity contribution in [3.63, 3.8) is 0 Å². The van der Waals surface area contributed by atoms with Crippen LogP contribution in [-0.4, -0.2) is 47.2 Å². The highest BCUT2D eigenvalue weighted by Crippen LogP contribution is 2.38. The summed E-state index contributed by atoms with van der Waals surface area (Å²) in [6.45, 7) is 2.41. The van der Waals surface area contributed by atoms with Gasteiger partial charge in [0.1, 0.15) is 5.54 Å². The summed E-state index contributed by atoms with van der Waals surface area (Å²) in [5, 5.41) is 2.87. The Labute approximate surface area is 164 Å². The van der Waals surface area contributed by atoms with Gasteiger partial charge in [-0.25, -0.2) is 4.79 Å². The van der Waals surface area contributed by atoms with Crippen molar-refractivity contribution in [2.24, 2.45) is 5.92 Å². The standard InChI is InChI=1S/C21H25N3O4/c1-14-5-2-3-11-21(14)19(27)24(20(28)22-21)13-17(25)15-7-9-16(10-8-15)23-12-4-6-18(23)26/h7-10,14H,2-6,11-13H2,1H3,(H,22,28)/t14-,21+/m1/s1. The Morgan fingerprint density at radius 3 is 2.54 bits per heavy atom. The van der Waals surface area contributed by atoms with Gasteiger partial charge in [0.05, 0.1) is 6.54 Å². The minimum Gasteiger partial charge on any atom is -0.323 e. The molecule has 1 N–H and O–H groups in total.